The highest BCUT2D eigenvalue weighted by Crippen LogP contribution is 2.23. The number of nitrogen functional groups attached to an aromatic ring is 1. The standard InChI is InChI=1S/C12H10BrN3O/c13-10-7-9(1-2-11(10)14)16-12(17)8-3-5-15-6-4-8/h1-7H,14H2,(H,16,17). The lowest BCUT2D eigenvalue weighted by atomic mass is 10.2. The van der Waals surface area contributed by atoms with Crippen molar-refractivity contribution < 1.29 is 4.79 Å². The Morgan fingerprint density at radius 3 is 2.59 bits per heavy atom. The zero-order chi connectivity index (χ0) is 12.3. The number of halogens is 1. The minimum atomic E-state index is -0.177. The smallest absolute Gasteiger partial charge is 0.255 e. The molecule has 0 aliphatic carbocycles. The molecule has 0 spiro atoms. The molecule has 1 heterocycles. The van der Waals surface area contributed by atoms with Crippen molar-refractivity contribution in [3.8, 4) is 0 Å². The first kappa shape index (κ1) is 11.6. The number of rotatable bonds is 2. The molecule has 0 aliphatic rings. The van der Waals surface area contributed by atoms with Gasteiger partial charge in [-0.25, -0.2) is 0 Å². The Kier molecular flexibility index (Phi) is 3.39. The summed E-state index contributed by atoms with van der Waals surface area (Å²) in [6.07, 6.45) is 3.15. The second-order valence-corrected chi connectivity index (χ2v) is 4.28. The Morgan fingerprint density at radius 1 is 1.24 bits per heavy atom. The van der Waals surface area contributed by atoms with Crippen molar-refractivity contribution >= 4 is 33.2 Å². The molecule has 2 rings (SSSR count). The first-order valence-corrected chi connectivity index (χ1v) is 5.72. The Bertz CT molecular complexity index is 543. The summed E-state index contributed by atoms with van der Waals surface area (Å²) in [5.41, 5.74) is 7.54. The number of nitrogens with zero attached hydrogens (tertiary/aromatic N) is 1. The largest absolute Gasteiger partial charge is 0.398 e. The maximum atomic E-state index is 11.8. The number of carbonyl (C=O) groups is 1. The second-order valence-electron chi connectivity index (χ2n) is 3.43. The quantitative estimate of drug-likeness (QED) is 0.836. The maximum absolute atomic E-state index is 11.8. The number of aromatic nitrogens is 1. The number of benzene rings is 1. The van der Waals surface area contributed by atoms with Gasteiger partial charge in [-0.1, -0.05) is 0 Å². The number of amides is 1. The summed E-state index contributed by atoms with van der Waals surface area (Å²) in [5, 5.41) is 2.77. The first-order valence-electron chi connectivity index (χ1n) is 4.93. The van der Waals surface area contributed by atoms with Crippen LogP contribution in [0.1, 0.15) is 10.4 Å². The van der Waals surface area contributed by atoms with Gasteiger partial charge >= 0.3 is 0 Å². The predicted octanol–water partition coefficient (Wildman–Crippen LogP) is 2.68. The summed E-state index contributed by atoms with van der Waals surface area (Å²) < 4.78 is 0.755. The molecule has 0 bridgehead atoms. The van der Waals surface area contributed by atoms with Gasteiger partial charge in [0.2, 0.25) is 0 Å². The van der Waals surface area contributed by atoms with E-state index in [9.17, 15) is 4.79 Å². The number of hydrogen-bond acceptors (Lipinski definition) is 3. The Labute approximate surface area is 107 Å². The Balaban J connectivity index is 2.16. The predicted molar refractivity (Wildman–Crippen MR) is 70.7 cm³/mol. The molecule has 0 fully saturated rings. The van der Waals surface area contributed by atoms with E-state index in [4.69, 9.17) is 5.73 Å². The van der Waals surface area contributed by atoms with E-state index in [0.29, 0.717) is 16.9 Å². The number of nitrogens with two attached hydrogens (primary N) is 1. The highest BCUT2D eigenvalue weighted by atomic mass is 79.9. The molecule has 5 heteroatoms. The molecule has 2 aromatic rings. The van der Waals surface area contributed by atoms with Gasteiger partial charge in [0.25, 0.3) is 5.91 Å². The molecule has 1 aromatic carbocycles. The van der Waals surface area contributed by atoms with Crippen LogP contribution in [0.4, 0.5) is 11.4 Å². The van der Waals surface area contributed by atoms with Crippen LogP contribution in [0.5, 0.6) is 0 Å². The zero-order valence-corrected chi connectivity index (χ0v) is 10.4. The molecule has 0 saturated heterocycles. The summed E-state index contributed by atoms with van der Waals surface area (Å²) in [4.78, 5) is 15.7. The molecule has 0 saturated carbocycles. The van der Waals surface area contributed by atoms with Gasteiger partial charge in [-0.3, -0.25) is 9.78 Å². The molecule has 0 aliphatic heterocycles. The van der Waals surface area contributed by atoms with Crippen LogP contribution in [-0.2, 0) is 0 Å². The van der Waals surface area contributed by atoms with Gasteiger partial charge < -0.3 is 11.1 Å². The lowest BCUT2D eigenvalue weighted by Crippen LogP contribution is -2.11. The molecule has 86 valence electrons. The summed E-state index contributed by atoms with van der Waals surface area (Å²) in [5.74, 6) is -0.177. The monoisotopic (exact) mass is 291 g/mol. The van der Waals surface area contributed by atoms with Crippen molar-refractivity contribution in [2.75, 3.05) is 11.1 Å². The highest BCUT2D eigenvalue weighted by Gasteiger charge is 2.06. The molecule has 17 heavy (non-hydrogen) atoms. The van der Waals surface area contributed by atoms with Crippen LogP contribution >= 0.6 is 15.9 Å². The van der Waals surface area contributed by atoms with Gasteiger partial charge in [-0.2, -0.15) is 0 Å². The van der Waals surface area contributed by atoms with Crippen LogP contribution in [0.15, 0.2) is 47.2 Å². The van der Waals surface area contributed by atoms with E-state index in [1.807, 2.05) is 0 Å². The number of pyridine rings is 1. The molecule has 0 unspecified atom stereocenters. The van der Waals surface area contributed by atoms with Crippen molar-refractivity contribution in [1.82, 2.24) is 4.98 Å². The number of carbonyl (C=O) groups excluding carboxylic acids is 1. The van der Waals surface area contributed by atoms with Crippen LogP contribution in [0.3, 0.4) is 0 Å². The van der Waals surface area contributed by atoms with Crippen molar-refractivity contribution in [3.63, 3.8) is 0 Å². The average molecular weight is 292 g/mol. The van der Waals surface area contributed by atoms with Gasteiger partial charge in [0.05, 0.1) is 0 Å². The normalized spacial score (nSPS) is 9.94. The zero-order valence-electron chi connectivity index (χ0n) is 8.85. The van der Waals surface area contributed by atoms with Crippen LogP contribution in [0, 0.1) is 0 Å². The highest BCUT2D eigenvalue weighted by molar-refractivity contribution is 9.10. The second kappa shape index (κ2) is 4.97. The van der Waals surface area contributed by atoms with Crippen molar-refractivity contribution in [2.24, 2.45) is 0 Å². The van der Waals surface area contributed by atoms with E-state index in [-0.39, 0.29) is 5.91 Å². The average Bonchev–Trinajstić information content (AvgIpc) is 2.35. The van der Waals surface area contributed by atoms with Crippen LogP contribution < -0.4 is 11.1 Å². The summed E-state index contributed by atoms with van der Waals surface area (Å²) >= 11 is 3.31. The SMILES string of the molecule is Nc1ccc(NC(=O)c2ccncc2)cc1Br. The topological polar surface area (TPSA) is 68.0 Å². The van der Waals surface area contributed by atoms with Crippen LogP contribution in [0.25, 0.3) is 0 Å². The van der Waals surface area contributed by atoms with E-state index in [1.54, 1.807) is 42.7 Å². The van der Waals surface area contributed by atoms with E-state index in [0.717, 1.165) is 4.47 Å². The molecule has 0 radical (unpaired) electrons. The lowest BCUT2D eigenvalue weighted by molar-refractivity contribution is 0.102. The minimum Gasteiger partial charge on any atom is -0.398 e. The summed E-state index contributed by atoms with van der Waals surface area (Å²) in [6.45, 7) is 0. The fourth-order valence-electron chi connectivity index (χ4n) is 1.31. The van der Waals surface area contributed by atoms with Crippen LogP contribution in [-0.4, -0.2) is 10.9 Å². The van der Waals surface area contributed by atoms with Gasteiger partial charge in [0.1, 0.15) is 0 Å². The lowest BCUT2D eigenvalue weighted by Gasteiger charge is -2.06. The summed E-state index contributed by atoms with van der Waals surface area (Å²) in [7, 11) is 0. The van der Waals surface area contributed by atoms with E-state index < -0.39 is 0 Å². The number of nitrogens with one attached hydrogen (secondary N) is 1. The molecular weight excluding hydrogens is 282 g/mol. The Hall–Kier alpha value is -1.88. The Morgan fingerprint density at radius 2 is 1.94 bits per heavy atom. The van der Waals surface area contributed by atoms with Crippen molar-refractivity contribution in [2.45, 2.75) is 0 Å². The van der Waals surface area contributed by atoms with Crippen LogP contribution in [0.2, 0.25) is 0 Å². The van der Waals surface area contributed by atoms with E-state index >= 15 is 0 Å². The third-order valence-electron chi connectivity index (χ3n) is 2.20. The van der Waals surface area contributed by atoms with Gasteiger partial charge in [-0.05, 0) is 46.3 Å². The fourth-order valence-corrected chi connectivity index (χ4v) is 1.69. The molecule has 4 nitrogen and oxygen atoms in total. The summed E-state index contributed by atoms with van der Waals surface area (Å²) in [6, 6.07) is 8.54. The fraction of sp³-hybridized carbons (Fsp3) is 0. The molecular formula is C12H10BrN3O. The van der Waals surface area contributed by atoms with E-state index in [1.165, 1.54) is 0 Å². The third kappa shape index (κ3) is 2.82. The third-order valence-corrected chi connectivity index (χ3v) is 2.89. The molecule has 3 N–H and O–H groups in total. The van der Waals surface area contributed by atoms with E-state index in [2.05, 4.69) is 26.2 Å². The molecule has 1 amide bonds. The number of hydrogen-bond donors (Lipinski definition) is 2. The van der Waals surface area contributed by atoms with Gasteiger partial charge in [0, 0.05) is 33.8 Å². The first-order chi connectivity index (χ1) is 8.16. The van der Waals surface area contributed by atoms with Crippen molar-refractivity contribution in [3.05, 3.63) is 52.8 Å². The molecule has 1 aromatic heterocycles. The van der Waals surface area contributed by atoms with Crippen molar-refractivity contribution in [1.29, 1.82) is 0 Å². The molecule has 0 atom stereocenters. The maximum Gasteiger partial charge on any atom is 0.255 e. The van der Waals surface area contributed by atoms with Gasteiger partial charge in [-0.15, -0.1) is 0 Å². The minimum absolute atomic E-state index is 0.177. The number of anilines is 2. The van der Waals surface area contributed by atoms with Gasteiger partial charge in [0.15, 0.2) is 0 Å².